The molecule has 1 aromatic carbocycles. The van der Waals surface area contributed by atoms with E-state index in [0.29, 0.717) is 0 Å². The molecule has 1 aromatic rings. The van der Waals surface area contributed by atoms with Crippen molar-refractivity contribution in [1.29, 1.82) is 0 Å². The Kier molecular flexibility index (Phi) is 3.59. The first-order valence-electron chi connectivity index (χ1n) is 5.75. The number of hydrogen-bond acceptors (Lipinski definition) is 1. The minimum atomic E-state index is -0.125. The Morgan fingerprint density at radius 3 is 1.94 bits per heavy atom. The van der Waals surface area contributed by atoms with Gasteiger partial charge in [-0.3, -0.25) is 4.90 Å². The number of benzene rings is 1. The van der Waals surface area contributed by atoms with Crippen LogP contribution in [-0.4, -0.2) is 17.5 Å². The number of nitrogens with zero attached hydrogens (tertiary/aromatic N) is 1. The van der Waals surface area contributed by atoms with Crippen molar-refractivity contribution in [2.24, 2.45) is 0 Å². The Hall–Kier alpha value is -1.08. The van der Waals surface area contributed by atoms with Gasteiger partial charge in [0.15, 0.2) is 0 Å². The Morgan fingerprint density at radius 2 is 1.56 bits per heavy atom. The van der Waals surface area contributed by atoms with Crippen molar-refractivity contribution in [2.75, 3.05) is 7.05 Å². The van der Waals surface area contributed by atoms with Gasteiger partial charge in [0.25, 0.3) is 0 Å². The van der Waals surface area contributed by atoms with Gasteiger partial charge in [0, 0.05) is 5.54 Å². The molecule has 16 heavy (non-hydrogen) atoms. The number of likely N-dealkylation sites (N-methyl/N-ethyl adjacent to an activating group) is 1. The molecule has 1 heteroatoms. The molecule has 0 aliphatic carbocycles. The molecule has 0 saturated carbocycles. The summed E-state index contributed by atoms with van der Waals surface area (Å²) in [6.07, 6.45) is 2.02. The van der Waals surface area contributed by atoms with Gasteiger partial charge in [0.2, 0.25) is 0 Å². The molecule has 88 valence electrons. The van der Waals surface area contributed by atoms with Crippen molar-refractivity contribution in [2.45, 2.75) is 38.8 Å². The highest BCUT2D eigenvalue weighted by Gasteiger charge is 2.34. The lowest BCUT2D eigenvalue weighted by Crippen LogP contribution is -2.50. The molecule has 1 unspecified atom stereocenters. The third-order valence-corrected chi connectivity index (χ3v) is 3.46. The maximum atomic E-state index is 4.00. The summed E-state index contributed by atoms with van der Waals surface area (Å²) in [4.78, 5) is 2.35. The zero-order valence-corrected chi connectivity index (χ0v) is 11.1. The first-order chi connectivity index (χ1) is 7.32. The predicted octanol–water partition coefficient (Wildman–Crippen LogP) is 3.82. The van der Waals surface area contributed by atoms with Crippen LogP contribution in [-0.2, 0) is 5.54 Å². The van der Waals surface area contributed by atoms with Crippen LogP contribution in [0.3, 0.4) is 0 Å². The van der Waals surface area contributed by atoms with Crippen molar-refractivity contribution in [1.82, 2.24) is 4.90 Å². The van der Waals surface area contributed by atoms with E-state index in [-0.39, 0.29) is 11.1 Å². The molecule has 0 aromatic heterocycles. The van der Waals surface area contributed by atoms with E-state index in [1.54, 1.807) is 0 Å². The van der Waals surface area contributed by atoms with Gasteiger partial charge in [-0.05, 0) is 40.3 Å². The van der Waals surface area contributed by atoms with Gasteiger partial charge >= 0.3 is 0 Å². The van der Waals surface area contributed by atoms with Gasteiger partial charge in [-0.2, -0.15) is 0 Å². The van der Waals surface area contributed by atoms with Crippen LogP contribution in [0.5, 0.6) is 0 Å². The molecule has 1 atom stereocenters. The summed E-state index contributed by atoms with van der Waals surface area (Å²) in [6, 6.07) is 10.5. The molecule has 0 amide bonds. The lowest BCUT2D eigenvalue weighted by Gasteiger charge is -2.45. The summed E-state index contributed by atoms with van der Waals surface area (Å²) in [6.45, 7) is 12.9. The Labute approximate surface area is 99.8 Å². The fraction of sp³-hybridized carbons (Fsp3) is 0.467. The van der Waals surface area contributed by atoms with E-state index in [1.807, 2.05) is 12.1 Å². The lowest BCUT2D eigenvalue weighted by atomic mass is 9.87. The second-order valence-electron chi connectivity index (χ2n) is 5.45. The summed E-state index contributed by atoms with van der Waals surface area (Å²) in [5.41, 5.74) is 1.26. The van der Waals surface area contributed by atoms with Crippen molar-refractivity contribution < 1.29 is 0 Å². The van der Waals surface area contributed by atoms with E-state index in [9.17, 15) is 0 Å². The highest BCUT2D eigenvalue weighted by atomic mass is 15.2. The quantitative estimate of drug-likeness (QED) is 0.696. The summed E-state index contributed by atoms with van der Waals surface area (Å²) in [5.74, 6) is 0. The lowest BCUT2D eigenvalue weighted by molar-refractivity contribution is 0.0756. The van der Waals surface area contributed by atoms with Crippen LogP contribution in [0.4, 0.5) is 0 Å². The van der Waals surface area contributed by atoms with E-state index >= 15 is 0 Å². The van der Waals surface area contributed by atoms with Crippen LogP contribution in [0.1, 0.15) is 33.3 Å². The summed E-state index contributed by atoms with van der Waals surface area (Å²) in [5, 5.41) is 0. The Bertz CT molecular complexity index is 347. The minimum absolute atomic E-state index is 0.110. The molecule has 1 rings (SSSR count). The second-order valence-corrected chi connectivity index (χ2v) is 5.45. The van der Waals surface area contributed by atoms with E-state index < -0.39 is 0 Å². The van der Waals surface area contributed by atoms with E-state index in [1.165, 1.54) is 5.56 Å². The molecule has 0 fully saturated rings. The summed E-state index contributed by atoms with van der Waals surface area (Å²) >= 11 is 0. The van der Waals surface area contributed by atoms with Gasteiger partial charge in [-0.25, -0.2) is 0 Å². The summed E-state index contributed by atoms with van der Waals surface area (Å²) < 4.78 is 0. The van der Waals surface area contributed by atoms with Crippen molar-refractivity contribution in [3.8, 4) is 0 Å². The average molecular weight is 217 g/mol. The molecule has 0 bridgehead atoms. The standard InChI is InChI=1S/C15H23N/c1-7-15(5,16(6)14(2,3)4)13-11-9-8-10-12-13/h7-12H,1H2,2-6H3. The van der Waals surface area contributed by atoms with Crippen LogP contribution in [0, 0.1) is 0 Å². The molecule has 0 aliphatic rings. The van der Waals surface area contributed by atoms with Crippen LogP contribution < -0.4 is 0 Å². The highest BCUT2D eigenvalue weighted by Crippen LogP contribution is 2.33. The van der Waals surface area contributed by atoms with E-state index in [2.05, 4.69) is 70.5 Å². The highest BCUT2D eigenvalue weighted by molar-refractivity contribution is 5.28. The second kappa shape index (κ2) is 4.42. The number of rotatable bonds is 3. The van der Waals surface area contributed by atoms with Gasteiger partial charge in [-0.1, -0.05) is 36.4 Å². The summed E-state index contributed by atoms with van der Waals surface area (Å²) in [7, 11) is 2.15. The predicted molar refractivity (Wildman–Crippen MR) is 71.5 cm³/mol. The van der Waals surface area contributed by atoms with Crippen LogP contribution in [0.25, 0.3) is 0 Å². The zero-order valence-electron chi connectivity index (χ0n) is 11.1. The SMILES string of the molecule is C=CC(C)(c1ccccc1)N(C)C(C)(C)C. The van der Waals surface area contributed by atoms with Gasteiger partial charge in [-0.15, -0.1) is 6.58 Å². The molecule has 0 radical (unpaired) electrons. The van der Waals surface area contributed by atoms with Gasteiger partial charge in [0.1, 0.15) is 0 Å². The molecular formula is C15H23N. The fourth-order valence-corrected chi connectivity index (χ4v) is 1.92. The molecule has 0 spiro atoms. The smallest absolute Gasteiger partial charge is 0.0615 e. The third kappa shape index (κ3) is 2.35. The van der Waals surface area contributed by atoms with E-state index in [0.717, 1.165) is 0 Å². The van der Waals surface area contributed by atoms with Crippen LogP contribution in [0.15, 0.2) is 43.0 Å². The fourth-order valence-electron chi connectivity index (χ4n) is 1.92. The maximum absolute atomic E-state index is 4.00. The molecule has 1 nitrogen and oxygen atoms in total. The topological polar surface area (TPSA) is 3.24 Å². The van der Waals surface area contributed by atoms with Crippen molar-refractivity contribution in [3.63, 3.8) is 0 Å². The van der Waals surface area contributed by atoms with Gasteiger partial charge < -0.3 is 0 Å². The molecule has 0 aliphatic heterocycles. The minimum Gasteiger partial charge on any atom is -0.289 e. The van der Waals surface area contributed by atoms with Crippen LogP contribution in [0.2, 0.25) is 0 Å². The van der Waals surface area contributed by atoms with E-state index in [4.69, 9.17) is 0 Å². The van der Waals surface area contributed by atoms with Crippen molar-refractivity contribution >= 4 is 0 Å². The largest absolute Gasteiger partial charge is 0.289 e. The zero-order chi connectivity index (χ0) is 12.4. The first kappa shape index (κ1) is 13.0. The molecular weight excluding hydrogens is 194 g/mol. The van der Waals surface area contributed by atoms with Crippen LogP contribution >= 0.6 is 0 Å². The van der Waals surface area contributed by atoms with Crippen molar-refractivity contribution in [3.05, 3.63) is 48.6 Å². The third-order valence-electron chi connectivity index (χ3n) is 3.46. The Balaban J connectivity index is 3.18. The normalized spacial score (nSPS) is 15.9. The Morgan fingerprint density at radius 1 is 1.06 bits per heavy atom. The number of hydrogen-bond donors (Lipinski definition) is 0. The van der Waals surface area contributed by atoms with Gasteiger partial charge in [0.05, 0.1) is 5.54 Å². The maximum Gasteiger partial charge on any atom is 0.0615 e. The average Bonchev–Trinajstić information content (AvgIpc) is 2.27. The molecule has 0 N–H and O–H groups in total. The molecule has 0 heterocycles. The first-order valence-corrected chi connectivity index (χ1v) is 5.75. The molecule has 0 saturated heterocycles. The monoisotopic (exact) mass is 217 g/mol.